The van der Waals surface area contributed by atoms with Gasteiger partial charge in [-0.15, -0.1) is 23.7 Å². The summed E-state index contributed by atoms with van der Waals surface area (Å²) in [4.78, 5) is 0. The zero-order chi connectivity index (χ0) is 14.2. The average Bonchev–Trinajstić information content (AvgIpc) is 2.83. The van der Waals surface area contributed by atoms with Crippen molar-refractivity contribution >= 4 is 55.5 Å². The Morgan fingerprint density at radius 3 is 2.67 bits per heavy atom. The van der Waals surface area contributed by atoms with Crippen LogP contribution in [0, 0.1) is 0 Å². The highest BCUT2D eigenvalue weighted by Crippen LogP contribution is 2.31. The van der Waals surface area contributed by atoms with Crippen molar-refractivity contribution in [2.45, 2.75) is 23.1 Å². The molecule has 0 amide bonds. The molecule has 1 aliphatic rings. The molecule has 3 rings (SSSR count). The predicted octanol–water partition coefficient (Wildman–Crippen LogP) is 3.01. The summed E-state index contributed by atoms with van der Waals surface area (Å²) < 4.78 is 28.9. The topological polar surface area (TPSA) is 58.2 Å². The Kier molecular flexibility index (Phi) is 5.51. The lowest BCUT2D eigenvalue weighted by Crippen LogP contribution is -2.42. The Balaban J connectivity index is 0.00000161. The van der Waals surface area contributed by atoms with E-state index >= 15 is 0 Å². The van der Waals surface area contributed by atoms with Crippen LogP contribution in [0.3, 0.4) is 0 Å². The highest BCUT2D eigenvalue weighted by Gasteiger charge is 2.23. The highest BCUT2D eigenvalue weighted by molar-refractivity contribution is 7.91. The van der Waals surface area contributed by atoms with Crippen LogP contribution in [-0.4, -0.2) is 27.5 Å². The van der Waals surface area contributed by atoms with E-state index < -0.39 is 10.0 Å². The first-order chi connectivity index (χ1) is 9.54. The summed E-state index contributed by atoms with van der Waals surface area (Å²) in [6.07, 6.45) is 1.66. The van der Waals surface area contributed by atoms with Gasteiger partial charge in [0, 0.05) is 15.8 Å². The van der Waals surface area contributed by atoms with Gasteiger partial charge in [0.1, 0.15) is 4.21 Å². The second kappa shape index (κ2) is 6.81. The van der Waals surface area contributed by atoms with Crippen molar-refractivity contribution < 1.29 is 8.42 Å². The molecule has 0 spiro atoms. The van der Waals surface area contributed by atoms with Gasteiger partial charge in [-0.25, -0.2) is 13.1 Å². The number of piperidine rings is 1. The summed E-state index contributed by atoms with van der Waals surface area (Å²) in [7, 11) is -3.44. The zero-order valence-electron chi connectivity index (χ0n) is 11.1. The molecule has 0 radical (unpaired) electrons. The number of hydrogen-bond donors (Lipinski definition) is 2. The lowest BCUT2D eigenvalue weighted by Gasteiger charge is -2.23. The number of benzene rings is 1. The van der Waals surface area contributed by atoms with Crippen LogP contribution < -0.4 is 10.0 Å². The van der Waals surface area contributed by atoms with Crippen molar-refractivity contribution in [1.29, 1.82) is 0 Å². The van der Waals surface area contributed by atoms with Crippen LogP contribution in [0.1, 0.15) is 12.8 Å². The number of nitrogens with one attached hydrogen (secondary N) is 2. The molecular formula is C13H16Cl2N2O2S2. The minimum Gasteiger partial charge on any atom is -0.317 e. The Labute approximate surface area is 139 Å². The first-order valence-corrected chi connectivity index (χ1v) is 9.14. The molecule has 0 saturated carbocycles. The first kappa shape index (κ1) is 17.0. The van der Waals surface area contributed by atoms with Crippen LogP contribution in [0.4, 0.5) is 0 Å². The van der Waals surface area contributed by atoms with Crippen molar-refractivity contribution in [1.82, 2.24) is 10.0 Å². The maximum atomic E-state index is 12.4. The molecule has 8 heteroatoms. The lowest BCUT2D eigenvalue weighted by molar-refractivity contribution is 0.427. The van der Waals surface area contributed by atoms with E-state index in [0.29, 0.717) is 9.23 Å². The summed E-state index contributed by atoms with van der Waals surface area (Å²) in [6.45, 7) is 1.71. The van der Waals surface area contributed by atoms with Crippen LogP contribution in [0.25, 0.3) is 10.1 Å². The molecule has 0 bridgehead atoms. The second-order valence-electron chi connectivity index (χ2n) is 4.89. The van der Waals surface area contributed by atoms with Gasteiger partial charge in [-0.3, -0.25) is 0 Å². The average molecular weight is 367 g/mol. The molecule has 1 aromatic heterocycles. The number of fused-ring (bicyclic) bond motifs is 1. The molecule has 21 heavy (non-hydrogen) atoms. The summed E-state index contributed by atoms with van der Waals surface area (Å²) in [5.41, 5.74) is 0. The summed E-state index contributed by atoms with van der Waals surface area (Å²) in [5, 5.41) is 4.71. The lowest BCUT2D eigenvalue weighted by atomic mass is 10.1. The van der Waals surface area contributed by atoms with Gasteiger partial charge in [-0.2, -0.15) is 0 Å². The van der Waals surface area contributed by atoms with Crippen LogP contribution in [0.15, 0.2) is 28.5 Å². The van der Waals surface area contributed by atoms with Gasteiger partial charge in [-0.05, 0) is 55.6 Å². The molecule has 1 aliphatic heterocycles. The van der Waals surface area contributed by atoms with Crippen molar-refractivity contribution in [3.8, 4) is 0 Å². The largest absolute Gasteiger partial charge is 0.317 e. The van der Waals surface area contributed by atoms with Crippen LogP contribution >= 0.6 is 35.3 Å². The number of hydrogen-bond acceptors (Lipinski definition) is 4. The Morgan fingerprint density at radius 2 is 1.95 bits per heavy atom. The molecule has 4 nitrogen and oxygen atoms in total. The zero-order valence-corrected chi connectivity index (χ0v) is 14.3. The monoisotopic (exact) mass is 366 g/mol. The molecule has 2 N–H and O–H groups in total. The molecule has 2 heterocycles. The van der Waals surface area contributed by atoms with Crippen molar-refractivity contribution in [2.75, 3.05) is 13.1 Å². The molecule has 1 aromatic carbocycles. The van der Waals surface area contributed by atoms with Crippen LogP contribution in [0.5, 0.6) is 0 Å². The fraction of sp³-hybridized carbons (Fsp3) is 0.385. The van der Waals surface area contributed by atoms with E-state index in [4.69, 9.17) is 11.6 Å². The third-order valence-electron chi connectivity index (χ3n) is 3.38. The third-order valence-corrected chi connectivity index (χ3v) is 6.73. The smallest absolute Gasteiger partial charge is 0.250 e. The molecule has 0 atom stereocenters. The van der Waals surface area contributed by atoms with E-state index in [-0.39, 0.29) is 18.4 Å². The van der Waals surface area contributed by atoms with Gasteiger partial charge in [0.15, 0.2) is 0 Å². The second-order valence-corrected chi connectivity index (χ2v) is 8.35. The standard InChI is InChI=1S/C13H15ClN2O2S2.ClH/c14-10-1-2-12-9(7-10)8-13(19-12)20(17,18)16-11-3-5-15-6-4-11;/h1-2,7-8,11,15-16H,3-6H2;1H. The summed E-state index contributed by atoms with van der Waals surface area (Å²) in [5.74, 6) is 0. The van der Waals surface area contributed by atoms with E-state index in [1.165, 1.54) is 11.3 Å². The fourth-order valence-electron chi connectivity index (χ4n) is 2.34. The molecule has 116 valence electrons. The van der Waals surface area contributed by atoms with Gasteiger partial charge in [0.25, 0.3) is 0 Å². The van der Waals surface area contributed by atoms with E-state index in [2.05, 4.69) is 10.0 Å². The first-order valence-electron chi connectivity index (χ1n) is 6.47. The minimum atomic E-state index is -3.44. The van der Waals surface area contributed by atoms with Gasteiger partial charge in [0.2, 0.25) is 10.0 Å². The fourth-order valence-corrected chi connectivity index (χ4v) is 5.22. The molecule has 1 fully saturated rings. The van der Waals surface area contributed by atoms with Gasteiger partial charge in [-0.1, -0.05) is 11.6 Å². The third kappa shape index (κ3) is 3.88. The van der Waals surface area contributed by atoms with Gasteiger partial charge in [0.05, 0.1) is 0 Å². The van der Waals surface area contributed by atoms with Crippen molar-refractivity contribution in [2.24, 2.45) is 0 Å². The summed E-state index contributed by atoms with van der Waals surface area (Å²) in [6, 6.07) is 7.13. The van der Waals surface area contributed by atoms with E-state index in [0.717, 1.165) is 36.0 Å². The number of rotatable bonds is 3. The Bertz CT molecular complexity index is 725. The SMILES string of the molecule is Cl.O=S(=O)(NC1CCNCC1)c1cc2cc(Cl)ccc2s1. The number of halogens is 2. The minimum absolute atomic E-state index is 0. The number of sulfonamides is 1. The number of thiophene rings is 1. The quantitative estimate of drug-likeness (QED) is 0.877. The Morgan fingerprint density at radius 1 is 1.24 bits per heavy atom. The highest BCUT2D eigenvalue weighted by atomic mass is 35.5. The normalized spacial score (nSPS) is 16.8. The molecule has 2 aromatic rings. The van der Waals surface area contributed by atoms with Crippen molar-refractivity contribution in [3.05, 3.63) is 29.3 Å². The van der Waals surface area contributed by atoms with Gasteiger partial charge < -0.3 is 5.32 Å². The molecule has 1 saturated heterocycles. The maximum absolute atomic E-state index is 12.4. The molecule has 0 aliphatic carbocycles. The predicted molar refractivity (Wildman–Crippen MR) is 90.3 cm³/mol. The van der Waals surface area contributed by atoms with E-state index in [9.17, 15) is 8.42 Å². The van der Waals surface area contributed by atoms with E-state index in [1.54, 1.807) is 18.2 Å². The molecular weight excluding hydrogens is 351 g/mol. The van der Waals surface area contributed by atoms with Gasteiger partial charge >= 0.3 is 0 Å². The van der Waals surface area contributed by atoms with Crippen LogP contribution in [-0.2, 0) is 10.0 Å². The van der Waals surface area contributed by atoms with Crippen molar-refractivity contribution in [3.63, 3.8) is 0 Å². The maximum Gasteiger partial charge on any atom is 0.250 e. The van der Waals surface area contributed by atoms with Crippen LogP contribution in [0.2, 0.25) is 5.02 Å². The molecule has 0 unspecified atom stereocenters. The summed E-state index contributed by atoms with van der Waals surface area (Å²) >= 11 is 7.21. The Hall–Kier alpha value is -0.370. The van der Waals surface area contributed by atoms with E-state index in [1.807, 2.05) is 6.07 Å².